The Morgan fingerprint density at radius 3 is 1.86 bits per heavy atom. The number of benzene rings is 1. The lowest BCUT2D eigenvalue weighted by molar-refractivity contribution is -0.143. The number of nitrogens with one attached hydrogen (secondary N) is 3. The molecule has 0 heterocycles. The molecule has 0 bridgehead atoms. The molecule has 13 nitrogen and oxygen atoms in total. The number of hydrogen-bond donors (Lipinski definition) is 7. The van der Waals surface area contributed by atoms with Crippen molar-refractivity contribution in [3.8, 4) is 0 Å². The molecule has 204 valence electrons. The van der Waals surface area contributed by atoms with Gasteiger partial charge in [0.2, 0.25) is 29.5 Å². The van der Waals surface area contributed by atoms with Gasteiger partial charge in [-0.15, -0.1) is 0 Å². The van der Waals surface area contributed by atoms with Crippen molar-refractivity contribution in [3.63, 3.8) is 0 Å². The second-order valence-electron chi connectivity index (χ2n) is 9.12. The molecule has 1 rings (SSSR count). The molecule has 0 spiro atoms. The minimum absolute atomic E-state index is 0.0703. The van der Waals surface area contributed by atoms with Crippen LogP contribution in [0.25, 0.3) is 0 Å². The number of hydrogen-bond acceptors (Lipinski definition) is 7. The van der Waals surface area contributed by atoms with Crippen LogP contribution in [0.4, 0.5) is 0 Å². The van der Waals surface area contributed by atoms with E-state index in [0.717, 1.165) is 5.56 Å². The van der Waals surface area contributed by atoms with Gasteiger partial charge in [0.05, 0.1) is 12.5 Å². The number of primary amides is 2. The van der Waals surface area contributed by atoms with Gasteiger partial charge in [0.25, 0.3) is 0 Å². The number of carbonyl (C=O) groups is 6. The van der Waals surface area contributed by atoms with Gasteiger partial charge in [-0.2, -0.15) is 0 Å². The van der Waals surface area contributed by atoms with Gasteiger partial charge in [0.15, 0.2) is 0 Å². The van der Waals surface area contributed by atoms with Crippen molar-refractivity contribution in [2.75, 3.05) is 0 Å². The average molecular weight is 521 g/mol. The second-order valence-corrected chi connectivity index (χ2v) is 9.12. The summed E-state index contributed by atoms with van der Waals surface area (Å²) in [5.74, 6) is -5.56. The maximum Gasteiger partial charge on any atom is 0.326 e. The van der Waals surface area contributed by atoms with E-state index in [1.54, 1.807) is 44.2 Å². The zero-order valence-corrected chi connectivity index (χ0v) is 20.9. The third-order valence-corrected chi connectivity index (χ3v) is 5.31. The van der Waals surface area contributed by atoms with E-state index >= 15 is 0 Å². The van der Waals surface area contributed by atoms with Crippen molar-refractivity contribution >= 4 is 35.5 Å². The van der Waals surface area contributed by atoms with Crippen LogP contribution in [-0.4, -0.2) is 64.8 Å². The van der Waals surface area contributed by atoms with Crippen LogP contribution in [0.15, 0.2) is 30.3 Å². The molecule has 0 saturated carbocycles. The van der Waals surface area contributed by atoms with Gasteiger partial charge in [-0.25, -0.2) is 4.79 Å². The molecular weight excluding hydrogens is 484 g/mol. The number of amides is 5. The summed E-state index contributed by atoms with van der Waals surface area (Å²) in [6.07, 6.45) is -0.824. The molecule has 0 radical (unpaired) electrons. The van der Waals surface area contributed by atoms with Crippen molar-refractivity contribution in [1.29, 1.82) is 0 Å². The first-order valence-corrected chi connectivity index (χ1v) is 11.8. The Morgan fingerprint density at radius 2 is 1.35 bits per heavy atom. The smallest absolute Gasteiger partial charge is 0.326 e. The number of nitrogens with two attached hydrogens (primary N) is 3. The van der Waals surface area contributed by atoms with Crippen LogP contribution in [0, 0.1) is 5.92 Å². The third kappa shape index (κ3) is 12.0. The van der Waals surface area contributed by atoms with Gasteiger partial charge < -0.3 is 38.3 Å². The SMILES string of the molecule is CC(C)CC(NC(=O)C(CC(N)=O)NC(=O)C(CCC(N)=O)NC(=O)C(N)Cc1ccccc1)C(=O)O. The zero-order valence-electron chi connectivity index (χ0n) is 20.9. The highest BCUT2D eigenvalue weighted by molar-refractivity contribution is 5.96. The molecule has 0 aliphatic heterocycles. The van der Waals surface area contributed by atoms with Crippen molar-refractivity contribution in [1.82, 2.24) is 16.0 Å². The Bertz CT molecular complexity index is 970. The first-order valence-electron chi connectivity index (χ1n) is 11.8. The van der Waals surface area contributed by atoms with Crippen LogP contribution in [0.5, 0.6) is 0 Å². The number of carbonyl (C=O) groups excluding carboxylic acids is 5. The maximum atomic E-state index is 13.0. The Balaban J connectivity index is 3.00. The van der Waals surface area contributed by atoms with E-state index in [-0.39, 0.29) is 31.6 Å². The predicted octanol–water partition coefficient (Wildman–Crippen LogP) is -1.72. The van der Waals surface area contributed by atoms with Crippen LogP contribution in [0.1, 0.15) is 45.1 Å². The molecule has 0 aliphatic rings. The molecule has 1 aromatic rings. The molecular formula is C24H36N6O7. The summed E-state index contributed by atoms with van der Waals surface area (Å²) in [6, 6.07) is 3.79. The highest BCUT2D eigenvalue weighted by Crippen LogP contribution is 2.07. The van der Waals surface area contributed by atoms with Crippen molar-refractivity contribution in [3.05, 3.63) is 35.9 Å². The Kier molecular flexibility index (Phi) is 12.7. The minimum Gasteiger partial charge on any atom is -0.480 e. The molecule has 4 atom stereocenters. The summed E-state index contributed by atoms with van der Waals surface area (Å²) in [6.45, 7) is 3.53. The standard InChI is InChI=1S/C24H36N6O7/c1-13(2)10-18(24(36)37)30-23(35)17(12-20(27)32)29-22(34)16(8-9-19(26)31)28-21(33)15(25)11-14-6-4-3-5-7-14/h3-7,13,15-18H,8-12,25H2,1-2H3,(H2,26,31)(H2,27,32)(H,28,33)(H,29,34)(H,30,35)(H,36,37). The fourth-order valence-corrected chi connectivity index (χ4v) is 3.44. The van der Waals surface area contributed by atoms with Gasteiger partial charge >= 0.3 is 5.97 Å². The number of rotatable bonds is 16. The molecule has 10 N–H and O–H groups in total. The summed E-state index contributed by atoms with van der Waals surface area (Å²) in [5, 5.41) is 16.4. The molecule has 13 heteroatoms. The topological polar surface area (TPSA) is 237 Å². The summed E-state index contributed by atoms with van der Waals surface area (Å²) in [5.41, 5.74) is 17.2. The highest BCUT2D eigenvalue weighted by atomic mass is 16.4. The van der Waals surface area contributed by atoms with Gasteiger partial charge in [0.1, 0.15) is 18.1 Å². The van der Waals surface area contributed by atoms with Crippen molar-refractivity contribution in [2.45, 2.75) is 70.1 Å². The van der Waals surface area contributed by atoms with E-state index in [4.69, 9.17) is 17.2 Å². The lowest BCUT2D eigenvalue weighted by Gasteiger charge is -2.25. The van der Waals surface area contributed by atoms with Gasteiger partial charge in [-0.1, -0.05) is 44.2 Å². The lowest BCUT2D eigenvalue weighted by atomic mass is 10.0. The third-order valence-electron chi connectivity index (χ3n) is 5.31. The van der Waals surface area contributed by atoms with Crippen LogP contribution in [0.2, 0.25) is 0 Å². The van der Waals surface area contributed by atoms with Gasteiger partial charge in [-0.3, -0.25) is 24.0 Å². The van der Waals surface area contributed by atoms with E-state index in [9.17, 15) is 33.9 Å². The van der Waals surface area contributed by atoms with E-state index in [1.165, 1.54) is 0 Å². The molecule has 4 unspecified atom stereocenters. The molecule has 0 aromatic heterocycles. The predicted molar refractivity (Wildman–Crippen MR) is 133 cm³/mol. The summed E-state index contributed by atoms with van der Waals surface area (Å²) in [4.78, 5) is 72.8. The number of aliphatic carboxylic acids is 1. The highest BCUT2D eigenvalue weighted by Gasteiger charge is 2.31. The minimum atomic E-state index is -1.52. The molecule has 37 heavy (non-hydrogen) atoms. The van der Waals surface area contributed by atoms with E-state index in [0.29, 0.717) is 0 Å². The van der Waals surface area contributed by atoms with Crippen molar-refractivity contribution < 1.29 is 33.9 Å². The molecule has 1 aromatic carbocycles. The van der Waals surface area contributed by atoms with E-state index in [1.807, 2.05) is 0 Å². The average Bonchev–Trinajstić information content (AvgIpc) is 2.80. The van der Waals surface area contributed by atoms with E-state index < -0.39 is 66.1 Å². The lowest BCUT2D eigenvalue weighted by Crippen LogP contribution is -2.58. The molecule has 0 saturated heterocycles. The largest absolute Gasteiger partial charge is 0.480 e. The first-order chi connectivity index (χ1) is 17.3. The zero-order chi connectivity index (χ0) is 28.1. The summed E-state index contributed by atoms with van der Waals surface area (Å²) >= 11 is 0. The fourth-order valence-electron chi connectivity index (χ4n) is 3.44. The maximum absolute atomic E-state index is 13.0. The quantitative estimate of drug-likeness (QED) is 0.132. The monoisotopic (exact) mass is 520 g/mol. The Morgan fingerprint density at radius 1 is 0.811 bits per heavy atom. The summed E-state index contributed by atoms with van der Waals surface area (Å²) < 4.78 is 0. The Hall–Kier alpha value is -4.00. The normalized spacial score (nSPS) is 14.1. The van der Waals surface area contributed by atoms with Gasteiger partial charge in [0, 0.05) is 6.42 Å². The van der Waals surface area contributed by atoms with Gasteiger partial charge in [-0.05, 0) is 30.7 Å². The number of carboxylic acid groups (broad SMARTS) is 1. The second kappa shape index (κ2) is 15.2. The first kappa shape index (κ1) is 31.0. The summed E-state index contributed by atoms with van der Waals surface area (Å²) in [7, 11) is 0. The van der Waals surface area contributed by atoms with Crippen LogP contribution >= 0.6 is 0 Å². The Labute approximate surface area is 214 Å². The number of carboxylic acids is 1. The van der Waals surface area contributed by atoms with Crippen LogP contribution < -0.4 is 33.2 Å². The molecule has 0 fully saturated rings. The van der Waals surface area contributed by atoms with E-state index in [2.05, 4.69) is 16.0 Å². The molecule has 5 amide bonds. The van der Waals surface area contributed by atoms with Crippen LogP contribution in [-0.2, 0) is 35.2 Å². The van der Waals surface area contributed by atoms with Crippen LogP contribution in [0.3, 0.4) is 0 Å². The van der Waals surface area contributed by atoms with Crippen molar-refractivity contribution in [2.24, 2.45) is 23.1 Å². The molecule has 0 aliphatic carbocycles. The fraction of sp³-hybridized carbons (Fsp3) is 0.500.